The second-order valence-corrected chi connectivity index (χ2v) is 6.03. The number of hydrogen-bond donors (Lipinski definition) is 2. The average Bonchev–Trinajstić information content (AvgIpc) is 2.85. The standard InChI is InChI=1S/C11H13FN4O2S/c1-16(7-8-5-14-15-6-8)19(17,18)10-4-2-3-9(12)11(10)13/h2-6H,7,13H2,1H3,(H,14,15). The highest BCUT2D eigenvalue weighted by molar-refractivity contribution is 7.89. The predicted molar refractivity (Wildman–Crippen MR) is 68.1 cm³/mol. The van der Waals surface area contributed by atoms with Crippen LogP contribution < -0.4 is 5.73 Å². The van der Waals surface area contributed by atoms with Crippen molar-refractivity contribution >= 4 is 15.7 Å². The van der Waals surface area contributed by atoms with Crippen LogP contribution in [0.25, 0.3) is 0 Å². The van der Waals surface area contributed by atoms with E-state index in [0.717, 1.165) is 10.4 Å². The number of aromatic amines is 1. The highest BCUT2D eigenvalue weighted by Gasteiger charge is 2.24. The van der Waals surface area contributed by atoms with Gasteiger partial charge in [-0.05, 0) is 12.1 Å². The molecule has 2 rings (SSSR count). The van der Waals surface area contributed by atoms with E-state index in [2.05, 4.69) is 10.2 Å². The van der Waals surface area contributed by atoms with Crippen molar-refractivity contribution in [1.82, 2.24) is 14.5 Å². The zero-order valence-corrected chi connectivity index (χ0v) is 11.0. The number of H-pyrrole nitrogens is 1. The van der Waals surface area contributed by atoms with Gasteiger partial charge in [-0.15, -0.1) is 0 Å². The average molecular weight is 284 g/mol. The molecule has 0 atom stereocenters. The number of anilines is 1. The van der Waals surface area contributed by atoms with Crippen molar-refractivity contribution in [2.75, 3.05) is 12.8 Å². The van der Waals surface area contributed by atoms with E-state index in [9.17, 15) is 12.8 Å². The highest BCUT2D eigenvalue weighted by Crippen LogP contribution is 2.24. The molecule has 2 aromatic rings. The Morgan fingerprint density at radius 1 is 1.47 bits per heavy atom. The Bertz CT molecular complexity index is 670. The minimum absolute atomic E-state index is 0.120. The summed E-state index contributed by atoms with van der Waals surface area (Å²) in [5.41, 5.74) is 5.80. The zero-order chi connectivity index (χ0) is 14.0. The molecule has 3 N–H and O–H groups in total. The van der Waals surface area contributed by atoms with Crippen LogP contribution in [0.4, 0.5) is 10.1 Å². The molecule has 19 heavy (non-hydrogen) atoms. The van der Waals surface area contributed by atoms with Crippen molar-refractivity contribution in [1.29, 1.82) is 0 Å². The minimum Gasteiger partial charge on any atom is -0.395 e. The van der Waals surface area contributed by atoms with Crippen LogP contribution in [0.2, 0.25) is 0 Å². The van der Waals surface area contributed by atoms with Gasteiger partial charge in [0.05, 0.1) is 11.9 Å². The quantitative estimate of drug-likeness (QED) is 0.818. The molecule has 0 radical (unpaired) electrons. The molecule has 0 saturated carbocycles. The number of nitrogen functional groups attached to an aromatic ring is 1. The summed E-state index contributed by atoms with van der Waals surface area (Å²) >= 11 is 0. The molecule has 8 heteroatoms. The third-order valence-electron chi connectivity index (χ3n) is 2.66. The SMILES string of the molecule is CN(Cc1cn[nH]c1)S(=O)(=O)c1cccc(F)c1N. The van der Waals surface area contributed by atoms with Gasteiger partial charge in [0.2, 0.25) is 10.0 Å². The number of rotatable bonds is 4. The number of nitrogens with zero attached hydrogens (tertiary/aromatic N) is 2. The molecule has 102 valence electrons. The summed E-state index contributed by atoms with van der Waals surface area (Å²) in [6.07, 6.45) is 3.10. The molecule has 0 fully saturated rings. The second kappa shape index (κ2) is 4.98. The summed E-state index contributed by atoms with van der Waals surface area (Å²) in [7, 11) is -2.45. The van der Waals surface area contributed by atoms with Crippen LogP contribution >= 0.6 is 0 Å². The molecule has 0 aliphatic carbocycles. The Hall–Kier alpha value is -1.93. The third-order valence-corrected chi connectivity index (χ3v) is 4.52. The van der Waals surface area contributed by atoms with Crippen molar-refractivity contribution in [3.05, 3.63) is 42.0 Å². The lowest BCUT2D eigenvalue weighted by atomic mass is 10.3. The van der Waals surface area contributed by atoms with Crippen molar-refractivity contribution in [3.8, 4) is 0 Å². The molecular formula is C11H13FN4O2S. The number of aromatic nitrogens is 2. The first-order valence-electron chi connectivity index (χ1n) is 5.41. The zero-order valence-electron chi connectivity index (χ0n) is 10.2. The molecule has 0 bridgehead atoms. The van der Waals surface area contributed by atoms with Crippen molar-refractivity contribution in [2.45, 2.75) is 11.4 Å². The van der Waals surface area contributed by atoms with E-state index in [-0.39, 0.29) is 17.1 Å². The summed E-state index contributed by atoms with van der Waals surface area (Å²) in [4.78, 5) is -0.238. The van der Waals surface area contributed by atoms with E-state index < -0.39 is 15.8 Å². The van der Waals surface area contributed by atoms with Crippen LogP contribution in [0.3, 0.4) is 0 Å². The lowest BCUT2D eigenvalue weighted by molar-refractivity contribution is 0.466. The van der Waals surface area contributed by atoms with E-state index in [1.807, 2.05) is 0 Å². The first kappa shape index (κ1) is 13.5. The number of hydrogen-bond acceptors (Lipinski definition) is 4. The van der Waals surface area contributed by atoms with Gasteiger partial charge < -0.3 is 5.73 Å². The normalized spacial score (nSPS) is 11.9. The van der Waals surface area contributed by atoms with Crippen LogP contribution in [0.1, 0.15) is 5.56 Å². The van der Waals surface area contributed by atoms with E-state index in [4.69, 9.17) is 5.73 Å². The molecular weight excluding hydrogens is 271 g/mol. The number of para-hydroxylation sites is 1. The molecule has 6 nitrogen and oxygen atoms in total. The fourth-order valence-electron chi connectivity index (χ4n) is 1.62. The largest absolute Gasteiger partial charge is 0.395 e. The second-order valence-electron chi connectivity index (χ2n) is 4.02. The van der Waals surface area contributed by atoms with E-state index in [1.165, 1.54) is 25.4 Å². The Kier molecular flexibility index (Phi) is 3.54. The Morgan fingerprint density at radius 3 is 2.84 bits per heavy atom. The Balaban J connectivity index is 2.34. The maximum absolute atomic E-state index is 13.3. The van der Waals surface area contributed by atoms with E-state index in [1.54, 1.807) is 6.20 Å². The Labute approximate surface area is 110 Å². The van der Waals surface area contributed by atoms with E-state index in [0.29, 0.717) is 5.56 Å². The molecule has 0 saturated heterocycles. The van der Waals surface area contributed by atoms with Crippen LogP contribution in [-0.2, 0) is 16.6 Å². The maximum Gasteiger partial charge on any atom is 0.245 e. The molecule has 0 aliphatic heterocycles. The molecule has 0 amide bonds. The first-order valence-corrected chi connectivity index (χ1v) is 6.85. The van der Waals surface area contributed by atoms with Gasteiger partial charge in [0.1, 0.15) is 10.7 Å². The summed E-state index contributed by atoms with van der Waals surface area (Å²) in [5, 5.41) is 6.32. The maximum atomic E-state index is 13.3. The van der Waals surface area contributed by atoms with Gasteiger partial charge in [-0.2, -0.15) is 9.40 Å². The molecule has 1 aromatic carbocycles. The summed E-state index contributed by atoms with van der Waals surface area (Å²) < 4.78 is 39.0. The van der Waals surface area contributed by atoms with Gasteiger partial charge in [-0.25, -0.2) is 12.8 Å². The van der Waals surface area contributed by atoms with Gasteiger partial charge in [0.25, 0.3) is 0 Å². The third kappa shape index (κ3) is 2.59. The Morgan fingerprint density at radius 2 is 2.21 bits per heavy atom. The van der Waals surface area contributed by atoms with Crippen LogP contribution in [0.5, 0.6) is 0 Å². The highest BCUT2D eigenvalue weighted by atomic mass is 32.2. The van der Waals surface area contributed by atoms with Gasteiger partial charge in [0, 0.05) is 25.4 Å². The fraction of sp³-hybridized carbons (Fsp3) is 0.182. The number of sulfonamides is 1. The molecule has 1 heterocycles. The van der Waals surface area contributed by atoms with Crippen LogP contribution in [0, 0.1) is 5.82 Å². The molecule has 0 spiro atoms. The molecule has 1 aromatic heterocycles. The summed E-state index contributed by atoms with van der Waals surface area (Å²) in [6.45, 7) is 0.120. The van der Waals surface area contributed by atoms with Gasteiger partial charge >= 0.3 is 0 Å². The van der Waals surface area contributed by atoms with Crippen molar-refractivity contribution in [3.63, 3.8) is 0 Å². The smallest absolute Gasteiger partial charge is 0.245 e. The molecule has 0 unspecified atom stereocenters. The predicted octanol–water partition coefficient (Wildman–Crippen LogP) is 0.952. The fourth-order valence-corrected chi connectivity index (χ4v) is 2.90. The van der Waals surface area contributed by atoms with Gasteiger partial charge in [-0.1, -0.05) is 6.07 Å². The van der Waals surface area contributed by atoms with Crippen LogP contribution in [-0.4, -0.2) is 30.0 Å². The topological polar surface area (TPSA) is 92.1 Å². The monoisotopic (exact) mass is 284 g/mol. The lowest BCUT2D eigenvalue weighted by Crippen LogP contribution is -2.27. The number of halogens is 1. The lowest BCUT2D eigenvalue weighted by Gasteiger charge is -2.17. The van der Waals surface area contributed by atoms with Crippen molar-refractivity contribution < 1.29 is 12.8 Å². The van der Waals surface area contributed by atoms with Gasteiger partial charge in [0.15, 0.2) is 0 Å². The van der Waals surface area contributed by atoms with Crippen LogP contribution in [0.15, 0.2) is 35.5 Å². The summed E-state index contributed by atoms with van der Waals surface area (Å²) in [6, 6.07) is 3.70. The minimum atomic E-state index is -3.84. The first-order chi connectivity index (χ1) is 8.93. The molecule has 0 aliphatic rings. The number of benzene rings is 1. The van der Waals surface area contributed by atoms with Crippen molar-refractivity contribution in [2.24, 2.45) is 0 Å². The number of nitrogens with two attached hydrogens (primary N) is 1. The van der Waals surface area contributed by atoms with Gasteiger partial charge in [-0.3, -0.25) is 5.10 Å². The van der Waals surface area contributed by atoms with E-state index >= 15 is 0 Å². The number of nitrogens with one attached hydrogen (secondary N) is 1. The summed E-state index contributed by atoms with van der Waals surface area (Å²) in [5.74, 6) is -0.752.